The molecule has 3 rings (SSSR count). The normalized spacial score (nSPS) is 10.8. The van der Waals surface area contributed by atoms with Crippen LogP contribution in [0.25, 0.3) is 22.4 Å². The summed E-state index contributed by atoms with van der Waals surface area (Å²) in [5.41, 5.74) is 9.15. The van der Waals surface area contributed by atoms with Gasteiger partial charge in [0, 0.05) is 21.0 Å². The van der Waals surface area contributed by atoms with Gasteiger partial charge >= 0.3 is 0 Å². The van der Waals surface area contributed by atoms with Crippen LogP contribution in [0, 0.1) is 0 Å². The molecule has 21 heavy (non-hydrogen) atoms. The summed E-state index contributed by atoms with van der Waals surface area (Å²) in [4.78, 5) is 1.19. The highest BCUT2D eigenvalue weighted by Crippen LogP contribution is 2.39. The maximum Gasteiger partial charge on any atom is 0.230 e. The van der Waals surface area contributed by atoms with Gasteiger partial charge in [-0.3, -0.25) is 0 Å². The van der Waals surface area contributed by atoms with Gasteiger partial charge in [0.15, 0.2) is 0 Å². The molecule has 0 amide bonds. The topological polar surface area (TPSA) is 52.0 Å². The molecular weight excluding hydrogens is 304 g/mol. The molecule has 5 heteroatoms. The van der Waals surface area contributed by atoms with Crippen molar-refractivity contribution >= 4 is 29.2 Å². The Kier molecular flexibility index (Phi) is 3.90. The summed E-state index contributed by atoms with van der Waals surface area (Å²) in [5.74, 6) is 0.270. The molecular formula is C16H13ClN2OS. The lowest BCUT2D eigenvalue weighted by molar-refractivity contribution is 0.439. The van der Waals surface area contributed by atoms with Crippen molar-refractivity contribution in [3.8, 4) is 22.4 Å². The summed E-state index contributed by atoms with van der Waals surface area (Å²) < 4.78 is 5.18. The van der Waals surface area contributed by atoms with Crippen molar-refractivity contribution in [3.05, 3.63) is 53.6 Å². The van der Waals surface area contributed by atoms with Crippen LogP contribution in [0.3, 0.4) is 0 Å². The Morgan fingerprint density at radius 2 is 1.81 bits per heavy atom. The van der Waals surface area contributed by atoms with Gasteiger partial charge in [0.05, 0.1) is 5.56 Å². The standard InChI is InChI=1S/C16H13ClN2OS/c1-21-11-8-6-10(7-9-11)15-14(16(18)20-19-15)12-4-2-3-5-13(12)17/h2-9H,18H2,1H3. The van der Waals surface area contributed by atoms with Crippen molar-refractivity contribution in [2.75, 3.05) is 12.0 Å². The van der Waals surface area contributed by atoms with Crippen LogP contribution in [0.5, 0.6) is 0 Å². The second-order valence-corrected chi connectivity index (χ2v) is 5.77. The second-order valence-electron chi connectivity index (χ2n) is 4.48. The molecule has 0 aliphatic heterocycles. The van der Waals surface area contributed by atoms with E-state index >= 15 is 0 Å². The predicted octanol–water partition coefficient (Wildman–Crippen LogP) is 4.97. The van der Waals surface area contributed by atoms with E-state index in [9.17, 15) is 0 Å². The fourth-order valence-electron chi connectivity index (χ4n) is 2.17. The largest absolute Gasteiger partial charge is 0.367 e. The van der Waals surface area contributed by atoms with Gasteiger partial charge in [-0.1, -0.05) is 47.1 Å². The summed E-state index contributed by atoms with van der Waals surface area (Å²) in [6.07, 6.45) is 2.04. The van der Waals surface area contributed by atoms with E-state index in [0.717, 1.165) is 16.7 Å². The summed E-state index contributed by atoms with van der Waals surface area (Å²) >= 11 is 7.96. The molecule has 2 aromatic carbocycles. The smallest absolute Gasteiger partial charge is 0.230 e. The molecule has 0 atom stereocenters. The Balaban J connectivity index is 2.15. The van der Waals surface area contributed by atoms with Gasteiger partial charge in [0.1, 0.15) is 5.69 Å². The van der Waals surface area contributed by atoms with Gasteiger partial charge in [0.25, 0.3) is 0 Å². The maximum absolute atomic E-state index is 6.27. The van der Waals surface area contributed by atoms with Crippen LogP contribution in [0.4, 0.5) is 5.88 Å². The number of thioether (sulfide) groups is 1. The fourth-order valence-corrected chi connectivity index (χ4v) is 2.81. The molecule has 0 saturated carbocycles. The second kappa shape index (κ2) is 5.84. The number of nitrogens with zero attached hydrogens (tertiary/aromatic N) is 1. The van der Waals surface area contributed by atoms with E-state index in [-0.39, 0.29) is 5.88 Å². The quantitative estimate of drug-likeness (QED) is 0.693. The number of nitrogens with two attached hydrogens (primary N) is 1. The summed E-state index contributed by atoms with van der Waals surface area (Å²) in [6.45, 7) is 0. The van der Waals surface area contributed by atoms with E-state index in [0.29, 0.717) is 10.7 Å². The van der Waals surface area contributed by atoms with Crippen LogP contribution in [-0.2, 0) is 0 Å². The molecule has 0 fully saturated rings. The first-order chi connectivity index (χ1) is 10.2. The molecule has 0 unspecified atom stereocenters. The van der Waals surface area contributed by atoms with Gasteiger partial charge in [0.2, 0.25) is 5.88 Å². The monoisotopic (exact) mass is 316 g/mol. The Labute approximate surface area is 132 Å². The fraction of sp³-hybridized carbons (Fsp3) is 0.0625. The van der Waals surface area contributed by atoms with E-state index in [1.165, 1.54) is 4.90 Å². The predicted molar refractivity (Wildman–Crippen MR) is 88.6 cm³/mol. The van der Waals surface area contributed by atoms with Crippen molar-refractivity contribution in [2.45, 2.75) is 4.90 Å². The highest BCUT2D eigenvalue weighted by molar-refractivity contribution is 7.98. The number of nitrogen functional groups attached to an aromatic ring is 1. The lowest BCUT2D eigenvalue weighted by Crippen LogP contribution is -1.88. The van der Waals surface area contributed by atoms with Gasteiger partial charge in [-0.25, -0.2) is 0 Å². The first kappa shape index (κ1) is 14.0. The number of rotatable bonds is 3. The molecule has 0 radical (unpaired) electrons. The number of anilines is 1. The lowest BCUT2D eigenvalue weighted by atomic mass is 10.0. The number of halogens is 1. The maximum atomic E-state index is 6.27. The van der Waals surface area contributed by atoms with Crippen LogP contribution >= 0.6 is 23.4 Å². The van der Waals surface area contributed by atoms with Gasteiger partial charge in [-0.2, -0.15) is 0 Å². The molecule has 3 aromatic rings. The Bertz CT molecular complexity index is 768. The van der Waals surface area contributed by atoms with E-state index in [1.807, 2.05) is 54.8 Å². The Morgan fingerprint density at radius 1 is 1.10 bits per heavy atom. The number of hydrogen-bond acceptors (Lipinski definition) is 4. The molecule has 0 saturated heterocycles. The third-order valence-corrected chi connectivity index (χ3v) is 4.30. The summed E-state index contributed by atoms with van der Waals surface area (Å²) in [6, 6.07) is 15.6. The SMILES string of the molecule is CSc1ccc(-c2noc(N)c2-c2ccccc2Cl)cc1. The zero-order valence-corrected chi connectivity index (χ0v) is 12.9. The molecule has 1 heterocycles. The van der Waals surface area contributed by atoms with Crippen molar-refractivity contribution in [2.24, 2.45) is 0 Å². The number of aromatic nitrogens is 1. The molecule has 0 bridgehead atoms. The van der Waals surface area contributed by atoms with E-state index < -0.39 is 0 Å². The van der Waals surface area contributed by atoms with Gasteiger partial charge in [-0.15, -0.1) is 11.8 Å². The molecule has 2 N–H and O–H groups in total. The Morgan fingerprint density at radius 3 is 2.48 bits per heavy atom. The summed E-state index contributed by atoms with van der Waals surface area (Å²) in [5, 5.41) is 4.71. The third-order valence-electron chi connectivity index (χ3n) is 3.23. The first-order valence-electron chi connectivity index (χ1n) is 6.35. The minimum atomic E-state index is 0.270. The Hall–Kier alpha value is -1.91. The van der Waals surface area contributed by atoms with Crippen molar-refractivity contribution in [3.63, 3.8) is 0 Å². The highest BCUT2D eigenvalue weighted by atomic mass is 35.5. The minimum absolute atomic E-state index is 0.270. The van der Waals surface area contributed by atoms with Gasteiger partial charge in [-0.05, 0) is 24.5 Å². The molecule has 1 aromatic heterocycles. The molecule has 106 valence electrons. The average Bonchev–Trinajstić information content (AvgIpc) is 2.89. The zero-order chi connectivity index (χ0) is 14.8. The van der Waals surface area contributed by atoms with Gasteiger partial charge < -0.3 is 10.3 Å². The van der Waals surface area contributed by atoms with Crippen LogP contribution in [0.1, 0.15) is 0 Å². The van der Waals surface area contributed by atoms with Crippen LogP contribution < -0.4 is 5.73 Å². The first-order valence-corrected chi connectivity index (χ1v) is 7.95. The van der Waals surface area contributed by atoms with Crippen LogP contribution in [0.15, 0.2) is 57.9 Å². The molecule has 3 nitrogen and oxygen atoms in total. The van der Waals surface area contributed by atoms with E-state index in [2.05, 4.69) is 5.16 Å². The minimum Gasteiger partial charge on any atom is -0.367 e. The van der Waals surface area contributed by atoms with Crippen LogP contribution in [-0.4, -0.2) is 11.4 Å². The van der Waals surface area contributed by atoms with Crippen LogP contribution in [0.2, 0.25) is 5.02 Å². The zero-order valence-electron chi connectivity index (χ0n) is 11.3. The molecule has 0 aliphatic rings. The van der Waals surface area contributed by atoms with Crippen molar-refractivity contribution < 1.29 is 4.52 Å². The average molecular weight is 317 g/mol. The molecule has 0 aliphatic carbocycles. The van der Waals surface area contributed by atoms with E-state index in [4.69, 9.17) is 21.9 Å². The summed E-state index contributed by atoms with van der Waals surface area (Å²) in [7, 11) is 0. The number of hydrogen-bond donors (Lipinski definition) is 1. The van der Waals surface area contributed by atoms with E-state index in [1.54, 1.807) is 11.8 Å². The third kappa shape index (κ3) is 2.64. The molecule has 0 spiro atoms. The van der Waals surface area contributed by atoms with Crippen molar-refractivity contribution in [1.82, 2.24) is 5.16 Å². The highest BCUT2D eigenvalue weighted by Gasteiger charge is 2.19. The van der Waals surface area contributed by atoms with Crippen molar-refractivity contribution in [1.29, 1.82) is 0 Å². The lowest BCUT2D eigenvalue weighted by Gasteiger charge is -2.05. The number of benzene rings is 2.